The van der Waals surface area contributed by atoms with E-state index >= 15 is 0 Å². The number of nitrogens with one attached hydrogen (secondary N) is 1. The van der Waals surface area contributed by atoms with Gasteiger partial charge in [0.05, 0.1) is 0 Å². The molecule has 1 unspecified atom stereocenters. The smallest absolute Gasteiger partial charge is 0.254 e. The molecule has 1 atom stereocenters. The molecule has 0 aromatic heterocycles. The zero-order chi connectivity index (χ0) is 26.0. The second-order valence-electron chi connectivity index (χ2n) is 8.59. The molecule has 0 aliphatic carbocycles. The Balaban J connectivity index is 1.49. The third kappa shape index (κ3) is 7.30. The minimum atomic E-state index is -0.739. The maximum Gasteiger partial charge on any atom is 0.254 e. The molecular weight excluding hydrogens is 483 g/mol. The zero-order valence-corrected chi connectivity index (χ0v) is 21.5. The van der Waals surface area contributed by atoms with Crippen molar-refractivity contribution < 1.29 is 14.0 Å². The lowest BCUT2D eigenvalue weighted by molar-refractivity contribution is -0.120. The van der Waals surface area contributed by atoms with E-state index in [0.29, 0.717) is 24.2 Å². The number of hydrogen-bond acceptors (Lipinski definition) is 3. The highest BCUT2D eigenvalue weighted by Gasteiger charge is 2.30. The summed E-state index contributed by atoms with van der Waals surface area (Å²) in [5.74, 6) is -0.136. The molecule has 0 radical (unpaired) electrons. The number of rotatable bonds is 10. The summed E-state index contributed by atoms with van der Waals surface area (Å²) in [6.45, 7) is 2.17. The van der Waals surface area contributed by atoms with E-state index in [1.807, 2.05) is 79.7 Å². The van der Waals surface area contributed by atoms with Crippen LogP contribution in [0.2, 0.25) is 0 Å². The fraction of sp³-hybridized carbons (Fsp3) is 0.161. The van der Waals surface area contributed by atoms with Crippen molar-refractivity contribution >= 4 is 29.3 Å². The number of benzene rings is 4. The van der Waals surface area contributed by atoms with Crippen LogP contribution in [0.4, 0.5) is 10.1 Å². The number of amides is 2. The highest BCUT2D eigenvalue weighted by molar-refractivity contribution is 7.98. The summed E-state index contributed by atoms with van der Waals surface area (Å²) >= 11 is 1.73. The van der Waals surface area contributed by atoms with Crippen molar-refractivity contribution in [2.24, 2.45) is 0 Å². The van der Waals surface area contributed by atoms with Crippen LogP contribution in [0.5, 0.6) is 0 Å². The Morgan fingerprint density at radius 1 is 0.811 bits per heavy atom. The van der Waals surface area contributed by atoms with E-state index in [9.17, 15) is 14.0 Å². The van der Waals surface area contributed by atoms with Crippen molar-refractivity contribution in [2.45, 2.75) is 30.0 Å². The maximum absolute atomic E-state index is 13.5. The molecule has 188 valence electrons. The third-order valence-electron chi connectivity index (χ3n) is 6.01. The molecule has 0 saturated carbocycles. The van der Waals surface area contributed by atoms with Gasteiger partial charge in [0.1, 0.15) is 11.9 Å². The average Bonchev–Trinajstić information content (AvgIpc) is 2.94. The fourth-order valence-corrected chi connectivity index (χ4v) is 4.90. The molecular formula is C31H29FN2O2S. The standard InChI is InChI=1S/C31H29FN2O2S/c1-2-34(31(36)25-13-15-26(32)16-14-25)29(21-23-9-5-3-6-10-23)30(35)33-27-17-19-28(20-18-27)37-22-24-11-7-4-8-12-24/h3-20,29H,2,21-22H2,1H3,(H,33,35). The molecule has 4 nitrogen and oxygen atoms in total. The average molecular weight is 513 g/mol. The number of halogens is 1. The Bertz CT molecular complexity index is 1300. The predicted octanol–water partition coefficient (Wildman–Crippen LogP) is 6.83. The first-order valence-corrected chi connectivity index (χ1v) is 13.2. The normalized spacial score (nSPS) is 11.5. The minimum Gasteiger partial charge on any atom is -0.327 e. The first-order valence-electron chi connectivity index (χ1n) is 12.2. The van der Waals surface area contributed by atoms with E-state index < -0.39 is 11.9 Å². The number of carbonyl (C=O) groups is 2. The van der Waals surface area contributed by atoms with E-state index in [1.165, 1.54) is 29.8 Å². The van der Waals surface area contributed by atoms with Gasteiger partial charge in [-0.3, -0.25) is 9.59 Å². The van der Waals surface area contributed by atoms with Gasteiger partial charge in [0, 0.05) is 34.9 Å². The summed E-state index contributed by atoms with van der Waals surface area (Å²) in [5, 5.41) is 2.99. The van der Waals surface area contributed by atoms with Gasteiger partial charge in [0.15, 0.2) is 0 Å². The van der Waals surface area contributed by atoms with Crippen LogP contribution < -0.4 is 5.32 Å². The molecule has 6 heteroatoms. The van der Waals surface area contributed by atoms with Crippen LogP contribution in [-0.4, -0.2) is 29.3 Å². The van der Waals surface area contributed by atoms with Gasteiger partial charge in [-0.1, -0.05) is 60.7 Å². The topological polar surface area (TPSA) is 49.4 Å². The number of thioether (sulfide) groups is 1. The van der Waals surface area contributed by atoms with Gasteiger partial charge >= 0.3 is 0 Å². The van der Waals surface area contributed by atoms with Crippen molar-refractivity contribution in [2.75, 3.05) is 11.9 Å². The SMILES string of the molecule is CCN(C(=O)c1ccc(F)cc1)C(Cc1ccccc1)C(=O)Nc1ccc(SCc2ccccc2)cc1. The number of carbonyl (C=O) groups excluding carboxylic acids is 2. The fourth-order valence-electron chi connectivity index (χ4n) is 4.05. The molecule has 37 heavy (non-hydrogen) atoms. The summed E-state index contributed by atoms with van der Waals surface area (Å²) in [4.78, 5) is 29.5. The van der Waals surface area contributed by atoms with E-state index in [0.717, 1.165) is 16.2 Å². The number of hydrogen-bond donors (Lipinski definition) is 1. The molecule has 4 rings (SSSR count). The van der Waals surface area contributed by atoms with Crippen LogP contribution in [0.3, 0.4) is 0 Å². The molecule has 0 bridgehead atoms. The Hall–Kier alpha value is -3.90. The molecule has 1 N–H and O–H groups in total. The Kier molecular flexibility index (Phi) is 9.11. The van der Waals surface area contributed by atoms with Gasteiger partial charge in [-0.25, -0.2) is 4.39 Å². The van der Waals surface area contributed by atoms with E-state index in [-0.39, 0.29) is 11.8 Å². The molecule has 0 saturated heterocycles. The second kappa shape index (κ2) is 12.9. The summed E-state index contributed by atoms with van der Waals surface area (Å²) in [5.41, 5.74) is 3.20. The minimum absolute atomic E-state index is 0.272. The monoisotopic (exact) mass is 512 g/mol. The van der Waals surface area contributed by atoms with E-state index in [1.54, 1.807) is 16.7 Å². The first kappa shape index (κ1) is 26.2. The Morgan fingerprint density at radius 3 is 2.00 bits per heavy atom. The van der Waals surface area contributed by atoms with Crippen molar-refractivity contribution in [1.29, 1.82) is 0 Å². The molecule has 2 amide bonds. The molecule has 4 aromatic rings. The van der Waals surface area contributed by atoms with Crippen LogP contribution in [0.15, 0.2) is 114 Å². The second-order valence-corrected chi connectivity index (χ2v) is 9.64. The van der Waals surface area contributed by atoms with E-state index in [2.05, 4.69) is 17.4 Å². The van der Waals surface area contributed by atoms with Gasteiger partial charge < -0.3 is 10.2 Å². The van der Waals surface area contributed by atoms with Crippen LogP contribution in [0.25, 0.3) is 0 Å². The van der Waals surface area contributed by atoms with Crippen LogP contribution in [0, 0.1) is 5.82 Å². The Morgan fingerprint density at radius 2 is 1.41 bits per heavy atom. The highest BCUT2D eigenvalue weighted by Crippen LogP contribution is 2.25. The summed E-state index contributed by atoms with van der Waals surface area (Å²) in [6.07, 6.45) is 0.360. The van der Waals surface area contributed by atoms with Crippen molar-refractivity contribution in [3.8, 4) is 0 Å². The molecule has 0 heterocycles. The summed E-state index contributed by atoms with van der Waals surface area (Å²) in [6, 6.07) is 32.3. The molecule has 0 fully saturated rings. The van der Waals surface area contributed by atoms with Gasteiger partial charge in [-0.05, 0) is 66.6 Å². The van der Waals surface area contributed by atoms with Crippen molar-refractivity contribution in [3.05, 3.63) is 132 Å². The lowest BCUT2D eigenvalue weighted by atomic mass is 10.0. The molecule has 0 aliphatic rings. The van der Waals surface area contributed by atoms with Gasteiger partial charge in [-0.2, -0.15) is 0 Å². The van der Waals surface area contributed by atoms with E-state index in [4.69, 9.17) is 0 Å². The summed E-state index contributed by atoms with van der Waals surface area (Å²) < 4.78 is 13.4. The van der Waals surface area contributed by atoms with Gasteiger partial charge in [-0.15, -0.1) is 11.8 Å². The van der Waals surface area contributed by atoms with Gasteiger partial charge in [0.2, 0.25) is 5.91 Å². The zero-order valence-electron chi connectivity index (χ0n) is 20.6. The Labute approximate surface area is 221 Å². The summed E-state index contributed by atoms with van der Waals surface area (Å²) in [7, 11) is 0. The lowest BCUT2D eigenvalue weighted by Gasteiger charge is -2.30. The third-order valence-corrected chi connectivity index (χ3v) is 7.10. The van der Waals surface area contributed by atoms with Crippen molar-refractivity contribution in [1.82, 2.24) is 4.90 Å². The van der Waals surface area contributed by atoms with Crippen LogP contribution in [-0.2, 0) is 17.0 Å². The lowest BCUT2D eigenvalue weighted by Crippen LogP contribution is -2.48. The van der Waals surface area contributed by atoms with Crippen LogP contribution >= 0.6 is 11.8 Å². The predicted molar refractivity (Wildman–Crippen MR) is 148 cm³/mol. The largest absolute Gasteiger partial charge is 0.327 e. The quantitative estimate of drug-likeness (QED) is 0.237. The van der Waals surface area contributed by atoms with Crippen molar-refractivity contribution in [3.63, 3.8) is 0 Å². The highest BCUT2D eigenvalue weighted by atomic mass is 32.2. The molecule has 4 aromatic carbocycles. The van der Waals surface area contributed by atoms with Crippen LogP contribution in [0.1, 0.15) is 28.4 Å². The number of likely N-dealkylation sites (N-methyl/N-ethyl adjacent to an activating group) is 1. The molecule has 0 aliphatic heterocycles. The maximum atomic E-state index is 13.5. The first-order chi connectivity index (χ1) is 18.0. The number of anilines is 1. The molecule has 0 spiro atoms. The van der Waals surface area contributed by atoms with Gasteiger partial charge in [0.25, 0.3) is 5.91 Å². The number of nitrogens with zero attached hydrogens (tertiary/aromatic N) is 1.